The molecule has 0 unspecified atom stereocenters. The van der Waals surface area contributed by atoms with Crippen LogP contribution in [0.3, 0.4) is 0 Å². The number of esters is 1. The number of fused-ring (bicyclic) bond motifs is 1. The van der Waals surface area contributed by atoms with E-state index < -0.39 is 16.5 Å². The van der Waals surface area contributed by atoms with Gasteiger partial charge in [-0.05, 0) is 17.7 Å². The molecule has 0 bridgehead atoms. The minimum Gasteiger partial charge on any atom is -0.459 e. The first-order chi connectivity index (χ1) is 12.4. The second-order valence-electron chi connectivity index (χ2n) is 5.40. The lowest BCUT2D eigenvalue weighted by molar-refractivity contribution is -0.384. The number of rotatable bonds is 4. The number of non-ortho nitro benzene ring substituents is 1. The van der Waals surface area contributed by atoms with Gasteiger partial charge in [0.05, 0.1) is 21.2 Å². The quantitative estimate of drug-likeness (QED) is 0.395. The Morgan fingerprint density at radius 2 is 2.12 bits per heavy atom. The summed E-state index contributed by atoms with van der Waals surface area (Å²) < 4.78 is 6.23. The van der Waals surface area contributed by atoms with Gasteiger partial charge in [-0.25, -0.2) is 4.98 Å². The molecule has 132 valence electrons. The van der Waals surface area contributed by atoms with Crippen molar-refractivity contribution in [2.24, 2.45) is 0 Å². The van der Waals surface area contributed by atoms with Crippen LogP contribution >= 0.6 is 11.6 Å². The summed E-state index contributed by atoms with van der Waals surface area (Å²) in [6.45, 7) is 1.00. The summed E-state index contributed by atoms with van der Waals surface area (Å²) in [5.41, 5.74) is 0.281. The molecule has 0 aliphatic rings. The molecule has 2 aromatic heterocycles. The Morgan fingerprint density at radius 1 is 1.35 bits per heavy atom. The topological polar surface area (TPSA) is 104 Å². The average Bonchev–Trinajstić information content (AvgIpc) is 2.60. The van der Waals surface area contributed by atoms with E-state index in [9.17, 15) is 19.7 Å². The van der Waals surface area contributed by atoms with Crippen LogP contribution in [-0.2, 0) is 16.1 Å². The third-order valence-corrected chi connectivity index (χ3v) is 3.84. The van der Waals surface area contributed by atoms with Crippen LogP contribution in [0.2, 0.25) is 5.02 Å². The summed E-state index contributed by atoms with van der Waals surface area (Å²) in [6, 6.07) is 8.74. The van der Waals surface area contributed by atoms with E-state index in [1.54, 1.807) is 18.2 Å². The average molecular weight is 374 g/mol. The van der Waals surface area contributed by atoms with E-state index in [4.69, 9.17) is 16.3 Å². The molecule has 0 saturated heterocycles. The number of benzene rings is 1. The van der Waals surface area contributed by atoms with Gasteiger partial charge in [-0.15, -0.1) is 0 Å². The Balaban J connectivity index is 2.29. The lowest BCUT2D eigenvalue weighted by Gasteiger charge is -2.11. The number of carbonyl (C=O) groups is 1. The van der Waals surface area contributed by atoms with E-state index in [-0.39, 0.29) is 23.6 Å². The SMILES string of the molecule is CC(=O)OCc1nc2ccc(Cl)cn2c(=O)c1-c1cccc([N+](=O)[O-])c1. The van der Waals surface area contributed by atoms with Crippen LogP contribution in [-0.4, -0.2) is 20.3 Å². The fourth-order valence-electron chi connectivity index (χ4n) is 2.50. The molecule has 0 fully saturated rings. The zero-order valence-electron chi connectivity index (χ0n) is 13.5. The van der Waals surface area contributed by atoms with Crippen molar-refractivity contribution in [3.63, 3.8) is 0 Å². The Labute approximate surface area is 151 Å². The van der Waals surface area contributed by atoms with Crippen LogP contribution in [0.15, 0.2) is 47.4 Å². The molecule has 0 aliphatic heterocycles. The summed E-state index contributed by atoms with van der Waals surface area (Å²) in [5, 5.41) is 11.4. The van der Waals surface area contributed by atoms with Gasteiger partial charge in [0.2, 0.25) is 0 Å². The van der Waals surface area contributed by atoms with Crippen molar-refractivity contribution in [3.8, 4) is 11.1 Å². The zero-order chi connectivity index (χ0) is 18.8. The van der Waals surface area contributed by atoms with Crippen molar-refractivity contribution >= 4 is 28.9 Å². The van der Waals surface area contributed by atoms with Gasteiger partial charge < -0.3 is 4.74 Å². The highest BCUT2D eigenvalue weighted by molar-refractivity contribution is 6.30. The van der Waals surface area contributed by atoms with Gasteiger partial charge in [-0.1, -0.05) is 23.7 Å². The zero-order valence-corrected chi connectivity index (χ0v) is 14.3. The van der Waals surface area contributed by atoms with Crippen molar-refractivity contribution in [2.75, 3.05) is 0 Å². The number of nitro groups is 1. The summed E-state index contributed by atoms with van der Waals surface area (Å²) >= 11 is 5.95. The molecule has 0 aliphatic carbocycles. The van der Waals surface area contributed by atoms with E-state index >= 15 is 0 Å². The van der Waals surface area contributed by atoms with Gasteiger partial charge in [0.25, 0.3) is 11.2 Å². The molecule has 2 heterocycles. The Kier molecular flexibility index (Phi) is 4.68. The molecular weight excluding hydrogens is 362 g/mol. The third-order valence-electron chi connectivity index (χ3n) is 3.62. The molecule has 0 radical (unpaired) electrons. The van der Waals surface area contributed by atoms with Gasteiger partial charge in [0, 0.05) is 25.3 Å². The second kappa shape index (κ2) is 6.93. The van der Waals surface area contributed by atoms with Crippen molar-refractivity contribution in [3.05, 3.63) is 73.8 Å². The largest absolute Gasteiger partial charge is 0.459 e. The van der Waals surface area contributed by atoms with Gasteiger partial charge in [-0.3, -0.25) is 24.1 Å². The normalized spacial score (nSPS) is 10.7. The number of ether oxygens (including phenoxy) is 1. The molecule has 9 heteroatoms. The number of nitro benzene ring substituents is 1. The fraction of sp³-hybridized carbons (Fsp3) is 0.118. The van der Waals surface area contributed by atoms with Crippen LogP contribution < -0.4 is 5.56 Å². The van der Waals surface area contributed by atoms with E-state index in [1.165, 1.54) is 35.7 Å². The second-order valence-corrected chi connectivity index (χ2v) is 5.84. The molecule has 26 heavy (non-hydrogen) atoms. The van der Waals surface area contributed by atoms with Crippen molar-refractivity contribution < 1.29 is 14.5 Å². The number of hydrogen-bond donors (Lipinski definition) is 0. The number of halogens is 1. The lowest BCUT2D eigenvalue weighted by Crippen LogP contribution is -2.20. The first-order valence-electron chi connectivity index (χ1n) is 7.46. The van der Waals surface area contributed by atoms with Gasteiger partial charge >= 0.3 is 5.97 Å². The van der Waals surface area contributed by atoms with Crippen molar-refractivity contribution in [1.82, 2.24) is 9.38 Å². The van der Waals surface area contributed by atoms with Crippen molar-refractivity contribution in [1.29, 1.82) is 0 Å². The molecule has 1 aromatic carbocycles. The Hall–Kier alpha value is -3.26. The molecule has 8 nitrogen and oxygen atoms in total. The number of hydrogen-bond acceptors (Lipinski definition) is 6. The van der Waals surface area contributed by atoms with Crippen molar-refractivity contribution in [2.45, 2.75) is 13.5 Å². The molecule has 0 saturated carbocycles. The Bertz CT molecular complexity index is 1090. The number of carbonyl (C=O) groups excluding carboxylic acids is 1. The number of aromatic nitrogens is 2. The summed E-state index contributed by atoms with van der Waals surface area (Å²) in [7, 11) is 0. The van der Waals surface area contributed by atoms with Gasteiger partial charge in [0.15, 0.2) is 0 Å². The minimum atomic E-state index is -0.557. The van der Waals surface area contributed by atoms with Crippen LogP contribution in [0.1, 0.15) is 12.6 Å². The molecule has 0 N–H and O–H groups in total. The molecular formula is C17H12ClN3O5. The molecule has 0 amide bonds. The maximum Gasteiger partial charge on any atom is 0.303 e. The first kappa shape index (κ1) is 17.6. The molecule has 3 aromatic rings. The Morgan fingerprint density at radius 3 is 2.81 bits per heavy atom. The smallest absolute Gasteiger partial charge is 0.303 e. The standard InChI is InChI=1S/C17H12ClN3O5/c1-10(22)26-9-14-16(11-3-2-4-13(7-11)21(24)25)17(23)20-8-12(18)5-6-15(20)19-14/h2-8H,9H2,1H3. The third kappa shape index (κ3) is 3.40. The molecule has 0 spiro atoms. The molecule has 0 atom stereocenters. The van der Waals surface area contributed by atoms with Gasteiger partial charge in [-0.2, -0.15) is 0 Å². The highest BCUT2D eigenvalue weighted by atomic mass is 35.5. The van der Waals surface area contributed by atoms with E-state index in [1.807, 2.05) is 0 Å². The number of nitrogens with zero attached hydrogens (tertiary/aromatic N) is 3. The number of pyridine rings is 1. The van der Waals surface area contributed by atoms with Crippen LogP contribution in [0.5, 0.6) is 0 Å². The lowest BCUT2D eigenvalue weighted by atomic mass is 10.0. The van der Waals surface area contributed by atoms with Gasteiger partial charge in [0.1, 0.15) is 12.3 Å². The summed E-state index contributed by atoms with van der Waals surface area (Å²) in [5.74, 6) is -0.534. The fourth-order valence-corrected chi connectivity index (χ4v) is 2.66. The van der Waals surface area contributed by atoms with Crippen LogP contribution in [0.4, 0.5) is 5.69 Å². The van der Waals surface area contributed by atoms with E-state index in [0.29, 0.717) is 16.2 Å². The highest BCUT2D eigenvalue weighted by Gasteiger charge is 2.18. The monoisotopic (exact) mass is 373 g/mol. The summed E-state index contributed by atoms with van der Waals surface area (Å²) in [4.78, 5) is 39.0. The minimum absolute atomic E-state index is 0.106. The van der Waals surface area contributed by atoms with Crippen LogP contribution in [0.25, 0.3) is 16.8 Å². The van der Waals surface area contributed by atoms with E-state index in [2.05, 4.69) is 4.98 Å². The summed E-state index contributed by atoms with van der Waals surface area (Å²) in [6.07, 6.45) is 1.41. The predicted octanol–water partition coefficient (Wildman–Crippen LogP) is 2.99. The predicted molar refractivity (Wildman–Crippen MR) is 94.0 cm³/mol. The molecule has 3 rings (SSSR count). The first-order valence-corrected chi connectivity index (χ1v) is 7.83. The highest BCUT2D eigenvalue weighted by Crippen LogP contribution is 2.25. The maximum atomic E-state index is 13.0. The van der Waals surface area contributed by atoms with Crippen LogP contribution in [0, 0.1) is 10.1 Å². The van der Waals surface area contributed by atoms with E-state index in [0.717, 1.165) is 0 Å². The maximum absolute atomic E-state index is 13.0.